The van der Waals surface area contributed by atoms with Gasteiger partial charge in [0.1, 0.15) is 6.54 Å². The molecule has 1 aliphatic rings. The number of rotatable bonds is 6. The van der Waals surface area contributed by atoms with Crippen molar-refractivity contribution in [3.8, 4) is 0 Å². The van der Waals surface area contributed by atoms with Gasteiger partial charge in [-0.25, -0.2) is 0 Å². The zero-order chi connectivity index (χ0) is 22.8. The monoisotopic (exact) mass is 467 g/mol. The number of anilines is 1. The van der Waals surface area contributed by atoms with Gasteiger partial charge in [0.05, 0.1) is 15.6 Å². The van der Waals surface area contributed by atoms with Crippen molar-refractivity contribution in [3.05, 3.63) is 70.2 Å². The van der Waals surface area contributed by atoms with E-state index < -0.39 is 17.1 Å². The van der Waals surface area contributed by atoms with E-state index in [1.807, 2.05) is 30.5 Å². The van der Waals surface area contributed by atoms with E-state index in [1.165, 1.54) is 0 Å². The molecule has 0 saturated carbocycles. The van der Waals surface area contributed by atoms with Gasteiger partial charge < -0.3 is 9.88 Å². The number of carbonyl (C=O) groups is 3. The number of halogens is 1. The van der Waals surface area contributed by atoms with Crippen LogP contribution in [0.15, 0.2) is 59.6 Å². The second-order valence-corrected chi connectivity index (χ2v) is 8.96. The fraction of sp³-hybridized carbons (Fsp3) is 0.208. The van der Waals surface area contributed by atoms with Gasteiger partial charge in [0, 0.05) is 28.7 Å². The van der Waals surface area contributed by atoms with Gasteiger partial charge in [-0.2, -0.15) is 0 Å². The normalized spacial score (nSPS) is 16.2. The van der Waals surface area contributed by atoms with Crippen LogP contribution in [-0.2, 0) is 9.59 Å². The summed E-state index contributed by atoms with van der Waals surface area (Å²) in [6, 6.07) is 15.1. The topological polar surface area (TPSA) is 71.4 Å². The molecule has 2 heterocycles. The maximum atomic E-state index is 12.9. The largest absolute Gasteiger partial charge is 0.344 e. The van der Waals surface area contributed by atoms with Crippen LogP contribution in [0, 0.1) is 0 Å². The van der Waals surface area contributed by atoms with Crippen molar-refractivity contribution >= 4 is 63.1 Å². The second-order valence-electron chi connectivity index (χ2n) is 7.56. The molecule has 0 radical (unpaired) electrons. The highest BCUT2D eigenvalue weighted by Gasteiger charge is 2.36. The summed E-state index contributed by atoms with van der Waals surface area (Å²) in [6.45, 7) is 3.89. The first-order chi connectivity index (χ1) is 15.4. The molecule has 0 aliphatic carbocycles. The van der Waals surface area contributed by atoms with E-state index in [0.717, 1.165) is 39.5 Å². The third-order valence-corrected chi connectivity index (χ3v) is 6.68. The van der Waals surface area contributed by atoms with Crippen molar-refractivity contribution < 1.29 is 14.4 Å². The lowest BCUT2D eigenvalue weighted by Crippen LogP contribution is -2.36. The third-order valence-electron chi connectivity index (χ3n) is 5.45. The van der Waals surface area contributed by atoms with Crippen LogP contribution in [0.1, 0.15) is 31.9 Å². The minimum atomic E-state index is -0.491. The maximum absolute atomic E-state index is 12.9. The van der Waals surface area contributed by atoms with Gasteiger partial charge in [0.2, 0.25) is 5.91 Å². The van der Waals surface area contributed by atoms with E-state index in [1.54, 1.807) is 30.3 Å². The zero-order valence-corrected chi connectivity index (χ0v) is 19.2. The minimum Gasteiger partial charge on any atom is -0.344 e. The number of carbonyl (C=O) groups excluding carboxylic acids is 3. The number of nitrogens with one attached hydrogen (secondary N) is 1. The number of imide groups is 1. The molecule has 0 bridgehead atoms. The summed E-state index contributed by atoms with van der Waals surface area (Å²) in [4.78, 5) is 39.1. The standard InChI is InChI=1S/C24H22ClN3O3S/c1-3-15(2)27-13-16(17-8-4-7-11-20(17)27)12-21-23(30)28(24(31)32-21)14-22(29)26-19-10-6-5-9-18(19)25/h4-13,15H,3,14H2,1-2H3,(H,26,29)/b21-12+/t15-/m1/s1. The summed E-state index contributed by atoms with van der Waals surface area (Å²) in [5.74, 6) is -0.968. The number of nitrogens with zero attached hydrogens (tertiary/aromatic N) is 2. The van der Waals surface area contributed by atoms with Crippen molar-refractivity contribution in [2.75, 3.05) is 11.9 Å². The van der Waals surface area contributed by atoms with Crippen LogP contribution in [0.2, 0.25) is 5.02 Å². The Morgan fingerprint density at radius 1 is 1.16 bits per heavy atom. The number of hydrogen-bond donors (Lipinski definition) is 1. The number of hydrogen-bond acceptors (Lipinski definition) is 4. The summed E-state index contributed by atoms with van der Waals surface area (Å²) in [5, 5.41) is 3.56. The molecule has 1 atom stereocenters. The molecular weight excluding hydrogens is 446 g/mol. The Balaban J connectivity index is 1.57. The number of fused-ring (bicyclic) bond motifs is 1. The molecule has 0 spiro atoms. The van der Waals surface area contributed by atoms with Crippen LogP contribution >= 0.6 is 23.4 Å². The zero-order valence-electron chi connectivity index (χ0n) is 17.7. The number of benzene rings is 2. The van der Waals surface area contributed by atoms with Crippen molar-refractivity contribution in [1.29, 1.82) is 0 Å². The number of para-hydroxylation sites is 2. The Morgan fingerprint density at radius 3 is 2.62 bits per heavy atom. The highest BCUT2D eigenvalue weighted by atomic mass is 35.5. The van der Waals surface area contributed by atoms with Crippen LogP contribution in [-0.4, -0.2) is 33.1 Å². The van der Waals surface area contributed by atoms with Crippen molar-refractivity contribution in [2.45, 2.75) is 26.3 Å². The molecule has 1 fully saturated rings. The van der Waals surface area contributed by atoms with Crippen LogP contribution in [0.3, 0.4) is 0 Å². The van der Waals surface area contributed by atoms with Crippen molar-refractivity contribution in [1.82, 2.24) is 9.47 Å². The highest BCUT2D eigenvalue weighted by Crippen LogP contribution is 2.35. The molecule has 4 rings (SSSR count). The predicted octanol–water partition coefficient (Wildman–Crippen LogP) is 5.94. The van der Waals surface area contributed by atoms with E-state index in [-0.39, 0.29) is 6.54 Å². The first kappa shape index (κ1) is 22.2. The summed E-state index contributed by atoms with van der Waals surface area (Å²) in [6.07, 6.45) is 4.71. The smallest absolute Gasteiger partial charge is 0.294 e. The lowest BCUT2D eigenvalue weighted by molar-refractivity contribution is -0.127. The SMILES string of the molecule is CC[C@@H](C)n1cc(/C=C2/SC(=O)N(CC(=O)Nc3ccccc3Cl)C2=O)c2ccccc21. The van der Waals surface area contributed by atoms with Gasteiger partial charge in [0.25, 0.3) is 11.1 Å². The van der Waals surface area contributed by atoms with Gasteiger partial charge in [-0.1, -0.05) is 48.9 Å². The first-order valence-corrected chi connectivity index (χ1v) is 11.5. The van der Waals surface area contributed by atoms with Crippen molar-refractivity contribution in [2.24, 2.45) is 0 Å². The molecule has 0 unspecified atom stereocenters. The summed E-state index contributed by atoms with van der Waals surface area (Å²) in [5.41, 5.74) is 2.37. The molecule has 6 nitrogen and oxygen atoms in total. The van der Waals surface area contributed by atoms with Crippen molar-refractivity contribution in [3.63, 3.8) is 0 Å². The van der Waals surface area contributed by atoms with Gasteiger partial charge in [0.15, 0.2) is 0 Å². The predicted molar refractivity (Wildman–Crippen MR) is 130 cm³/mol. The highest BCUT2D eigenvalue weighted by molar-refractivity contribution is 8.18. The Kier molecular flexibility index (Phi) is 6.39. The fourth-order valence-corrected chi connectivity index (χ4v) is 4.59. The molecule has 3 amide bonds. The summed E-state index contributed by atoms with van der Waals surface area (Å²) >= 11 is 6.90. The first-order valence-electron chi connectivity index (χ1n) is 10.3. The number of thioether (sulfide) groups is 1. The Hall–Kier alpha value is -3.03. The van der Waals surface area contributed by atoms with E-state index in [2.05, 4.69) is 23.7 Å². The maximum Gasteiger partial charge on any atom is 0.294 e. The molecule has 1 N–H and O–H groups in total. The van der Waals surface area contributed by atoms with E-state index in [0.29, 0.717) is 21.7 Å². The van der Waals surface area contributed by atoms with E-state index >= 15 is 0 Å². The van der Waals surface area contributed by atoms with Crippen LogP contribution in [0.5, 0.6) is 0 Å². The van der Waals surface area contributed by atoms with Gasteiger partial charge in [-0.05, 0) is 49.4 Å². The molecular formula is C24H22ClN3O3S. The van der Waals surface area contributed by atoms with Gasteiger partial charge >= 0.3 is 0 Å². The molecule has 1 aliphatic heterocycles. The van der Waals surface area contributed by atoms with Crippen LogP contribution in [0.4, 0.5) is 10.5 Å². The molecule has 32 heavy (non-hydrogen) atoms. The average molecular weight is 468 g/mol. The quantitative estimate of drug-likeness (QED) is 0.455. The second kappa shape index (κ2) is 9.22. The molecule has 1 saturated heterocycles. The molecule has 8 heteroatoms. The Morgan fingerprint density at radius 2 is 1.88 bits per heavy atom. The number of amides is 3. The summed E-state index contributed by atoms with van der Waals surface area (Å²) < 4.78 is 2.18. The lowest BCUT2D eigenvalue weighted by atomic mass is 10.1. The van der Waals surface area contributed by atoms with Crippen LogP contribution in [0.25, 0.3) is 17.0 Å². The van der Waals surface area contributed by atoms with E-state index in [4.69, 9.17) is 11.6 Å². The average Bonchev–Trinajstić information content (AvgIpc) is 3.28. The molecule has 3 aromatic rings. The fourth-order valence-electron chi connectivity index (χ4n) is 3.58. The summed E-state index contributed by atoms with van der Waals surface area (Å²) in [7, 11) is 0. The van der Waals surface area contributed by atoms with Gasteiger partial charge in [-0.15, -0.1) is 0 Å². The van der Waals surface area contributed by atoms with Crippen LogP contribution < -0.4 is 5.32 Å². The molecule has 2 aromatic carbocycles. The minimum absolute atomic E-state index is 0.297. The van der Waals surface area contributed by atoms with E-state index in [9.17, 15) is 14.4 Å². The molecule has 164 valence electrons. The Labute approximate surface area is 195 Å². The lowest BCUT2D eigenvalue weighted by Gasteiger charge is -2.13. The third kappa shape index (κ3) is 4.31. The van der Waals surface area contributed by atoms with Gasteiger partial charge in [-0.3, -0.25) is 19.3 Å². The molecule has 1 aromatic heterocycles. The number of aromatic nitrogens is 1. The Bertz CT molecular complexity index is 1250.